The van der Waals surface area contributed by atoms with Crippen LogP contribution in [0.4, 0.5) is 17.3 Å². The van der Waals surface area contributed by atoms with E-state index in [1.165, 1.54) is 6.33 Å². The summed E-state index contributed by atoms with van der Waals surface area (Å²) in [4.78, 5) is 8.00. The number of nitrogens with two attached hydrogens (primary N) is 1. The third-order valence-electron chi connectivity index (χ3n) is 2.42. The lowest BCUT2D eigenvalue weighted by Gasteiger charge is -2.03. The average molecular weight is 226 g/mol. The van der Waals surface area contributed by atoms with Crippen molar-refractivity contribution in [2.24, 2.45) is 0 Å². The molecule has 0 atom stereocenters. The SMILES string of the molecule is Nc1ncnc2[nH]nc(Nc3ccccc3)c12. The van der Waals surface area contributed by atoms with Crippen LogP contribution in [0.1, 0.15) is 0 Å². The van der Waals surface area contributed by atoms with Gasteiger partial charge in [0.1, 0.15) is 17.5 Å². The number of benzene rings is 1. The van der Waals surface area contributed by atoms with Crippen molar-refractivity contribution in [3.63, 3.8) is 0 Å². The lowest BCUT2D eigenvalue weighted by molar-refractivity contribution is 1.09. The van der Waals surface area contributed by atoms with Crippen molar-refractivity contribution < 1.29 is 0 Å². The number of rotatable bonds is 2. The Hall–Kier alpha value is -2.63. The lowest BCUT2D eigenvalue weighted by Crippen LogP contribution is -1.95. The van der Waals surface area contributed by atoms with Gasteiger partial charge in [0.05, 0.1) is 0 Å². The van der Waals surface area contributed by atoms with E-state index in [1.54, 1.807) is 0 Å². The molecule has 0 amide bonds. The van der Waals surface area contributed by atoms with Crippen LogP contribution in [0.2, 0.25) is 0 Å². The standard InChI is InChI=1S/C11H10N6/c12-9-8-10(14-6-13-9)16-17-11(8)15-7-4-2-1-3-5-7/h1-6H,(H4,12,13,14,15,16,17). The van der Waals surface area contributed by atoms with E-state index in [9.17, 15) is 0 Å². The Kier molecular flexibility index (Phi) is 2.11. The highest BCUT2D eigenvalue weighted by atomic mass is 15.2. The van der Waals surface area contributed by atoms with Crippen molar-refractivity contribution in [2.45, 2.75) is 0 Å². The fourth-order valence-corrected chi connectivity index (χ4v) is 1.63. The molecule has 0 spiro atoms. The van der Waals surface area contributed by atoms with E-state index in [1.807, 2.05) is 30.3 Å². The molecule has 0 aliphatic carbocycles. The zero-order chi connectivity index (χ0) is 11.7. The summed E-state index contributed by atoms with van der Waals surface area (Å²) in [5.74, 6) is 1.03. The van der Waals surface area contributed by atoms with E-state index < -0.39 is 0 Å². The van der Waals surface area contributed by atoms with Gasteiger partial charge in [-0.2, -0.15) is 5.10 Å². The fraction of sp³-hybridized carbons (Fsp3) is 0. The molecule has 6 heteroatoms. The fourth-order valence-electron chi connectivity index (χ4n) is 1.63. The number of hydrogen-bond donors (Lipinski definition) is 3. The third-order valence-corrected chi connectivity index (χ3v) is 2.42. The van der Waals surface area contributed by atoms with Crippen LogP contribution in [0.15, 0.2) is 36.7 Å². The smallest absolute Gasteiger partial charge is 0.165 e. The molecule has 1 aromatic carbocycles. The van der Waals surface area contributed by atoms with Crippen LogP contribution in [0.5, 0.6) is 0 Å². The van der Waals surface area contributed by atoms with E-state index in [-0.39, 0.29) is 0 Å². The number of nitrogens with zero attached hydrogens (tertiary/aromatic N) is 3. The normalized spacial score (nSPS) is 10.6. The van der Waals surface area contributed by atoms with Gasteiger partial charge in [-0.05, 0) is 12.1 Å². The molecule has 0 fully saturated rings. The first-order valence-electron chi connectivity index (χ1n) is 5.11. The van der Waals surface area contributed by atoms with Crippen molar-refractivity contribution in [3.8, 4) is 0 Å². The Bertz CT molecular complexity index is 645. The highest BCUT2D eigenvalue weighted by Crippen LogP contribution is 2.25. The number of nitrogen functional groups attached to an aromatic ring is 1. The summed E-state index contributed by atoms with van der Waals surface area (Å²) in [6, 6.07) is 9.72. The van der Waals surface area contributed by atoms with Crippen molar-refractivity contribution >= 4 is 28.4 Å². The summed E-state index contributed by atoms with van der Waals surface area (Å²) in [5, 5.41) is 10.8. The number of nitrogens with one attached hydrogen (secondary N) is 2. The highest BCUT2D eigenvalue weighted by molar-refractivity contribution is 5.96. The molecule has 0 aliphatic rings. The van der Waals surface area contributed by atoms with Crippen LogP contribution in [-0.4, -0.2) is 20.2 Å². The topological polar surface area (TPSA) is 92.5 Å². The Balaban J connectivity index is 2.07. The van der Waals surface area contributed by atoms with Gasteiger partial charge in [0.25, 0.3) is 0 Å². The first-order chi connectivity index (χ1) is 8.34. The summed E-state index contributed by atoms with van der Waals surface area (Å²) in [5.41, 5.74) is 7.36. The molecule has 2 aromatic heterocycles. The van der Waals surface area contributed by atoms with Crippen LogP contribution < -0.4 is 11.1 Å². The first kappa shape index (κ1) is 9.59. The van der Waals surface area contributed by atoms with E-state index in [0.717, 1.165) is 5.69 Å². The number of anilines is 3. The van der Waals surface area contributed by atoms with Gasteiger partial charge in [-0.1, -0.05) is 18.2 Å². The maximum absolute atomic E-state index is 5.80. The third kappa shape index (κ3) is 1.65. The summed E-state index contributed by atoms with van der Waals surface area (Å²) in [6.07, 6.45) is 1.40. The van der Waals surface area contributed by atoms with Crippen LogP contribution in [0.3, 0.4) is 0 Å². The van der Waals surface area contributed by atoms with Gasteiger partial charge >= 0.3 is 0 Å². The average Bonchev–Trinajstić information content (AvgIpc) is 2.75. The van der Waals surface area contributed by atoms with Gasteiger partial charge < -0.3 is 11.1 Å². The quantitative estimate of drug-likeness (QED) is 0.618. The number of H-pyrrole nitrogens is 1. The molecule has 0 unspecified atom stereocenters. The summed E-state index contributed by atoms with van der Waals surface area (Å²) < 4.78 is 0. The minimum absolute atomic E-state index is 0.405. The van der Waals surface area contributed by atoms with E-state index in [0.29, 0.717) is 22.7 Å². The largest absolute Gasteiger partial charge is 0.383 e. The molecule has 0 saturated carbocycles. The molecule has 4 N–H and O–H groups in total. The molecule has 0 radical (unpaired) electrons. The van der Waals surface area contributed by atoms with Crippen LogP contribution in [0, 0.1) is 0 Å². The van der Waals surface area contributed by atoms with Gasteiger partial charge in [-0.3, -0.25) is 5.10 Å². The van der Waals surface area contributed by atoms with Crippen molar-refractivity contribution in [2.75, 3.05) is 11.1 Å². The Labute approximate surface area is 96.9 Å². The zero-order valence-electron chi connectivity index (χ0n) is 8.88. The summed E-state index contributed by atoms with van der Waals surface area (Å²) in [6.45, 7) is 0. The molecule has 84 valence electrons. The first-order valence-corrected chi connectivity index (χ1v) is 5.11. The lowest BCUT2D eigenvalue weighted by atomic mass is 10.3. The van der Waals surface area contributed by atoms with Crippen LogP contribution >= 0.6 is 0 Å². The van der Waals surface area contributed by atoms with Crippen molar-refractivity contribution in [3.05, 3.63) is 36.7 Å². The van der Waals surface area contributed by atoms with Crippen molar-refractivity contribution in [1.82, 2.24) is 20.2 Å². The predicted molar refractivity (Wildman–Crippen MR) is 65.8 cm³/mol. The monoisotopic (exact) mass is 226 g/mol. The summed E-state index contributed by atoms with van der Waals surface area (Å²) in [7, 11) is 0. The molecule has 0 saturated heterocycles. The van der Waals surface area contributed by atoms with Crippen LogP contribution in [0.25, 0.3) is 11.0 Å². The minimum Gasteiger partial charge on any atom is -0.383 e. The van der Waals surface area contributed by atoms with E-state index in [4.69, 9.17) is 5.73 Å². The molecule has 0 aliphatic heterocycles. The molecule has 3 rings (SSSR count). The number of fused-ring (bicyclic) bond motifs is 1. The second-order valence-electron chi connectivity index (χ2n) is 3.55. The predicted octanol–water partition coefficient (Wildman–Crippen LogP) is 1.68. The Morgan fingerprint density at radius 3 is 2.76 bits per heavy atom. The van der Waals surface area contributed by atoms with Crippen molar-refractivity contribution in [1.29, 1.82) is 0 Å². The number of para-hydroxylation sites is 1. The second kappa shape index (κ2) is 3.75. The number of hydrogen-bond acceptors (Lipinski definition) is 5. The maximum atomic E-state index is 5.80. The van der Waals surface area contributed by atoms with Gasteiger partial charge in [0.2, 0.25) is 0 Å². The number of aromatic nitrogens is 4. The molecule has 0 bridgehead atoms. The van der Waals surface area contributed by atoms with Gasteiger partial charge in [-0.15, -0.1) is 0 Å². The molecular weight excluding hydrogens is 216 g/mol. The molecule has 6 nitrogen and oxygen atoms in total. The molecule has 3 aromatic rings. The molecular formula is C11H10N6. The van der Waals surface area contributed by atoms with E-state index in [2.05, 4.69) is 25.5 Å². The highest BCUT2D eigenvalue weighted by Gasteiger charge is 2.10. The maximum Gasteiger partial charge on any atom is 0.165 e. The molecule has 17 heavy (non-hydrogen) atoms. The second-order valence-corrected chi connectivity index (χ2v) is 3.55. The Morgan fingerprint density at radius 1 is 1.12 bits per heavy atom. The Morgan fingerprint density at radius 2 is 1.94 bits per heavy atom. The zero-order valence-corrected chi connectivity index (χ0v) is 8.88. The van der Waals surface area contributed by atoms with E-state index >= 15 is 0 Å². The van der Waals surface area contributed by atoms with Gasteiger partial charge in [0, 0.05) is 5.69 Å². The van der Waals surface area contributed by atoms with Crippen LogP contribution in [-0.2, 0) is 0 Å². The van der Waals surface area contributed by atoms with Gasteiger partial charge in [0.15, 0.2) is 11.5 Å². The van der Waals surface area contributed by atoms with Gasteiger partial charge in [-0.25, -0.2) is 9.97 Å². The minimum atomic E-state index is 0.405. The number of aromatic amines is 1. The summed E-state index contributed by atoms with van der Waals surface area (Å²) >= 11 is 0. The molecule has 2 heterocycles.